The van der Waals surface area contributed by atoms with Crippen molar-refractivity contribution in [1.29, 1.82) is 0 Å². The largest absolute Gasteiger partial charge is 0.496 e. The lowest BCUT2D eigenvalue weighted by Crippen LogP contribution is -2.11. The van der Waals surface area contributed by atoms with E-state index in [-0.39, 0.29) is 0 Å². The van der Waals surface area contributed by atoms with Crippen LogP contribution in [-0.2, 0) is 19.6 Å². The standard InChI is InChI=1S/C18H21N5O/c1-24-17-6-3-2-5-14(17)13-22-10-8-20-18(22)16-11-15-12-19-7-4-9-23(15)21-16/h2-3,5-6,8,10-11,19H,4,7,9,12-13H2,1H3. The van der Waals surface area contributed by atoms with E-state index in [0.29, 0.717) is 6.54 Å². The minimum absolute atomic E-state index is 0.708. The predicted octanol–water partition coefficient (Wildman–Crippen LogP) is 2.30. The molecule has 0 spiro atoms. The molecule has 4 rings (SSSR count). The van der Waals surface area contributed by atoms with E-state index in [9.17, 15) is 0 Å². The molecule has 6 nitrogen and oxygen atoms in total. The second kappa shape index (κ2) is 6.49. The van der Waals surface area contributed by atoms with E-state index < -0.39 is 0 Å². The van der Waals surface area contributed by atoms with Crippen LogP contribution in [-0.4, -0.2) is 33.0 Å². The number of ether oxygens (including phenoxy) is 1. The topological polar surface area (TPSA) is 56.9 Å². The van der Waals surface area contributed by atoms with Gasteiger partial charge in [0.25, 0.3) is 0 Å². The summed E-state index contributed by atoms with van der Waals surface area (Å²) in [6.45, 7) is 3.57. The maximum Gasteiger partial charge on any atom is 0.160 e. The van der Waals surface area contributed by atoms with Crippen LogP contribution in [0.1, 0.15) is 17.7 Å². The fourth-order valence-corrected chi connectivity index (χ4v) is 3.16. The summed E-state index contributed by atoms with van der Waals surface area (Å²) in [6.07, 6.45) is 4.92. The highest BCUT2D eigenvalue weighted by Gasteiger charge is 2.16. The molecule has 0 unspecified atom stereocenters. The van der Waals surface area contributed by atoms with Crippen LogP contribution in [0.15, 0.2) is 42.7 Å². The van der Waals surface area contributed by atoms with Crippen LogP contribution in [0.2, 0.25) is 0 Å². The summed E-state index contributed by atoms with van der Waals surface area (Å²) in [7, 11) is 1.70. The number of rotatable bonds is 4. The van der Waals surface area contributed by atoms with Gasteiger partial charge < -0.3 is 14.6 Å². The van der Waals surface area contributed by atoms with Crippen molar-refractivity contribution in [1.82, 2.24) is 24.6 Å². The number of hydrogen-bond acceptors (Lipinski definition) is 4. The Morgan fingerprint density at radius 3 is 3.12 bits per heavy atom. The van der Waals surface area contributed by atoms with Gasteiger partial charge in [0.2, 0.25) is 0 Å². The zero-order chi connectivity index (χ0) is 16.4. The first-order valence-corrected chi connectivity index (χ1v) is 8.26. The van der Waals surface area contributed by atoms with Crippen LogP contribution in [0.25, 0.3) is 11.5 Å². The Morgan fingerprint density at radius 2 is 2.21 bits per heavy atom. The first kappa shape index (κ1) is 15.0. The molecule has 0 atom stereocenters. The molecular formula is C18H21N5O. The highest BCUT2D eigenvalue weighted by Crippen LogP contribution is 2.23. The molecule has 6 heteroatoms. The molecule has 2 aromatic heterocycles. The van der Waals surface area contributed by atoms with Crippen LogP contribution >= 0.6 is 0 Å². The number of para-hydroxylation sites is 1. The van der Waals surface area contributed by atoms with E-state index in [1.807, 2.05) is 30.6 Å². The molecule has 0 saturated carbocycles. The molecule has 0 aliphatic carbocycles. The van der Waals surface area contributed by atoms with Crippen molar-refractivity contribution >= 4 is 0 Å². The lowest BCUT2D eigenvalue weighted by Gasteiger charge is -2.10. The third kappa shape index (κ3) is 2.80. The maximum atomic E-state index is 5.46. The van der Waals surface area contributed by atoms with Gasteiger partial charge in [-0.05, 0) is 25.1 Å². The van der Waals surface area contributed by atoms with Crippen molar-refractivity contribution in [2.24, 2.45) is 0 Å². The molecule has 1 N–H and O–H groups in total. The van der Waals surface area contributed by atoms with E-state index in [4.69, 9.17) is 9.84 Å². The van der Waals surface area contributed by atoms with Crippen LogP contribution in [0, 0.1) is 0 Å². The summed E-state index contributed by atoms with van der Waals surface area (Å²) in [5.41, 5.74) is 3.27. The summed E-state index contributed by atoms with van der Waals surface area (Å²) in [5, 5.41) is 8.19. The van der Waals surface area contributed by atoms with Crippen molar-refractivity contribution < 1.29 is 4.74 Å². The first-order chi connectivity index (χ1) is 11.8. The molecule has 0 amide bonds. The zero-order valence-electron chi connectivity index (χ0n) is 13.8. The number of aryl methyl sites for hydroxylation is 1. The Labute approximate surface area is 141 Å². The molecule has 0 fully saturated rings. The lowest BCUT2D eigenvalue weighted by atomic mass is 10.2. The molecule has 24 heavy (non-hydrogen) atoms. The van der Waals surface area contributed by atoms with Gasteiger partial charge in [-0.2, -0.15) is 5.10 Å². The summed E-state index contributed by atoms with van der Waals surface area (Å²) < 4.78 is 9.67. The monoisotopic (exact) mass is 323 g/mol. The second-order valence-electron chi connectivity index (χ2n) is 5.96. The van der Waals surface area contributed by atoms with Crippen LogP contribution in [0.3, 0.4) is 0 Å². The molecule has 0 saturated heterocycles. The van der Waals surface area contributed by atoms with Gasteiger partial charge in [0, 0.05) is 31.0 Å². The van der Waals surface area contributed by atoms with Gasteiger partial charge in [-0.15, -0.1) is 0 Å². The van der Waals surface area contributed by atoms with E-state index >= 15 is 0 Å². The van der Waals surface area contributed by atoms with Crippen molar-refractivity contribution in [3.05, 3.63) is 54.0 Å². The lowest BCUT2D eigenvalue weighted by molar-refractivity contribution is 0.408. The molecule has 1 aliphatic rings. The zero-order valence-corrected chi connectivity index (χ0v) is 13.8. The Kier molecular flexibility index (Phi) is 4.04. The average molecular weight is 323 g/mol. The van der Waals surface area contributed by atoms with E-state index in [1.165, 1.54) is 5.69 Å². The summed E-state index contributed by atoms with van der Waals surface area (Å²) in [4.78, 5) is 4.53. The summed E-state index contributed by atoms with van der Waals surface area (Å²) in [6, 6.07) is 10.2. The summed E-state index contributed by atoms with van der Waals surface area (Å²) >= 11 is 0. The van der Waals surface area contributed by atoms with E-state index in [1.54, 1.807) is 7.11 Å². The van der Waals surface area contributed by atoms with Crippen molar-refractivity contribution in [3.8, 4) is 17.3 Å². The number of benzene rings is 1. The third-order valence-electron chi connectivity index (χ3n) is 4.37. The van der Waals surface area contributed by atoms with E-state index in [2.05, 4.69) is 31.7 Å². The Balaban J connectivity index is 1.65. The smallest absolute Gasteiger partial charge is 0.160 e. The average Bonchev–Trinajstić information content (AvgIpc) is 3.17. The highest BCUT2D eigenvalue weighted by atomic mass is 16.5. The highest BCUT2D eigenvalue weighted by molar-refractivity contribution is 5.51. The normalized spacial score (nSPS) is 14.2. The number of methoxy groups -OCH3 is 1. The van der Waals surface area contributed by atoms with Crippen LogP contribution in [0.5, 0.6) is 5.75 Å². The number of aromatic nitrogens is 4. The molecule has 124 valence electrons. The minimum Gasteiger partial charge on any atom is -0.496 e. The fourth-order valence-electron chi connectivity index (χ4n) is 3.16. The van der Waals surface area contributed by atoms with Gasteiger partial charge in [-0.3, -0.25) is 4.68 Å². The molecule has 3 heterocycles. The Bertz CT molecular complexity index is 812. The minimum atomic E-state index is 0.708. The van der Waals surface area contributed by atoms with Gasteiger partial charge in [0.05, 0.1) is 19.3 Å². The Hall–Kier alpha value is -2.60. The molecule has 1 aliphatic heterocycles. The number of fused-ring (bicyclic) bond motifs is 1. The van der Waals surface area contributed by atoms with Crippen molar-refractivity contribution in [3.63, 3.8) is 0 Å². The number of imidazole rings is 1. The van der Waals surface area contributed by atoms with Gasteiger partial charge in [0.1, 0.15) is 11.4 Å². The predicted molar refractivity (Wildman–Crippen MR) is 91.9 cm³/mol. The van der Waals surface area contributed by atoms with Crippen molar-refractivity contribution in [2.45, 2.75) is 26.1 Å². The first-order valence-electron chi connectivity index (χ1n) is 8.26. The summed E-state index contributed by atoms with van der Waals surface area (Å²) in [5.74, 6) is 1.78. The van der Waals surface area contributed by atoms with Gasteiger partial charge in [-0.1, -0.05) is 18.2 Å². The van der Waals surface area contributed by atoms with Crippen LogP contribution in [0.4, 0.5) is 0 Å². The van der Waals surface area contributed by atoms with Crippen LogP contribution < -0.4 is 10.1 Å². The fraction of sp³-hybridized carbons (Fsp3) is 0.333. The molecular weight excluding hydrogens is 302 g/mol. The number of nitrogens with zero attached hydrogens (tertiary/aromatic N) is 4. The van der Waals surface area contributed by atoms with Gasteiger partial charge in [0.15, 0.2) is 5.82 Å². The van der Waals surface area contributed by atoms with E-state index in [0.717, 1.165) is 48.9 Å². The maximum absolute atomic E-state index is 5.46. The molecule has 1 aromatic carbocycles. The Morgan fingerprint density at radius 1 is 1.29 bits per heavy atom. The molecule has 0 radical (unpaired) electrons. The van der Waals surface area contributed by atoms with Gasteiger partial charge >= 0.3 is 0 Å². The third-order valence-corrected chi connectivity index (χ3v) is 4.37. The second-order valence-corrected chi connectivity index (χ2v) is 5.96. The van der Waals surface area contributed by atoms with Crippen molar-refractivity contribution in [2.75, 3.05) is 13.7 Å². The molecule has 3 aromatic rings. The molecule has 0 bridgehead atoms. The SMILES string of the molecule is COc1ccccc1Cn1ccnc1-c1cc2n(n1)CCCNC2. The quantitative estimate of drug-likeness (QED) is 0.800. The number of hydrogen-bond donors (Lipinski definition) is 1. The number of nitrogens with one attached hydrogen (secondary N) is 1. The van der Waals surface area contributed by atoms with Gasteiger partial charge in [-0.25, -0.2) is 4.98 Å².